The van der Waals surface area contributed by atoms with E-state index in [0.717, 1.165) is 31.2 Å². The molecule has 2 aromatic heterocycles. The normalized spacial score (nSPS) is 18.2. The highest BCUT2D eigenvalue weighted by molar-refractivity contribution is 6.32. The third-order valence-electron chi connectivity index (χ3n) is 5.24. The zero-order valence-electron chi connectivity index (χ0n) is 14.1. The summed E-state index contributed by atoms with van der Waals surface area (Å²) in [7, 11) is 0. The molecule has 0 spiro atoms. The molecule has 3 heterocycles. The number of aromatic nitrogens is 2. The lowest BCUT2D eigenvalue weighted by molar-refractivity contribution is -0.126. The minimum Gasteiger partial charge on any atom is -0.352 e. The van der Waals surface area contributed by atoms with Crippen molar-refractivity contribution in [2.24, 2.45) is 0 Å². The van der Waals surface area contributed by atoms with Gasteiger partial charge in [-0.3, -0.25) is 9.59 Å². The lowest BCUT2D eigenvalue weighted by Crippen LogP contribution is -2.51. The first kappa shape index (κ1) is 16.9. The molecule has 1 saturated carbocycles. The molecule has 0 saturated heterocycles. The second-order valence-electron chi connectivity index (χ2n) is 6.81. The van der Waals surface area contributed by atoms with E-state index in [-0.39, 0.29) is 30.8 Å². The molecule has 0 unspecified atom stereocenters. The third kappa shape index (κ3) is 2.71. The summed E-state index contributed by atoms with van der Waals surface area (Å²) >= 11 is 6.30. The van der Waals surface area contributed by atoms with Gasteiger partial charge in [-0.1, -0.05) is 24.4 Å². The Morgan fingerprint density at radius 3 is 3.00 bits per heavy atom. The van der Waals surface area contributed by atoms with Gasteiger partial charge in [-0.2, -0.15) is 5.26 Å². The molecule has 2 aromatic rings. The molecule has 7 nitrogen and oxygen atoms in total. The fourth-order valence-corrected chi connectivity index (χ4v) is 4.11. The van der Waals surface area contributed by atoms with Gasteiger partial charge in [-0.25, -0.2) is 4.98 Å². The van der Waals surface area contributed by atoms with Crippen molar-refractivity contribution >= 4 is 34.4 Å². The number of nitrogens with one attached hydrogen (secondary N) is 2. The molecule has 0 aromatic carbocycles. The number of halogens is 1. The summed E-state index contributed by atoms with van der Waals surface area (Å²) in [6.45, 7) is 0.186. The summed E-state index contributed by atoms with van der Waals surface area (Å²) in [4.78, 5) is 34.4. The Morgan fingerprint density at radius 1 is 1.50 bits per heavy atom. The zero-order valence-corrected chi connectivity index (χ0v) is 14.8. The lowest BCUT2D eigenvalue weighted by Gasteiger charge is -2.33. The van der Waals surface area contributed by atoms with Crippen LogP contribution in [0.3, 0.4) is 0 Å². The van der Waals surface area contributed by atoms with Crippen LogP contribution in [-0.4, -0.2) is 38.8 Å². The van der Waals surface area contributed by atoms with E-state index in [1.165, 1.54) is 11.1 Å². The molecule has 1 fully saturated rings. The summed E-state index contributed by atoms with van der Waals surface area (Å²) in [5.74, 6) is -0.554. The van der Waals surface area contributed by atoms with E-state index >= 15 is 0 Å². The van der Waals surface area contributed by atoms with Gasteiger partial charge in [0, 0.05) is 35.9 Å². The predicted octanol–water partition coefficient (Wildman–Crippen LogP) is 2.51. The van der Waals surface area contributed by atoms with Crippen LogP contribution >= 0.6 is 11.6 Å². The summed E-state index contributed by atoms with van der Waals surface area (Å²) in [6.07, 6.45) is 7.13. The smallest absolute Gasteiger partial charge is 0.257 e. The van der Waals surface area contributed by atoms with Crippen molar-refractivity contribution < 1.29 is 9.59 Å². The second kappa shape index (κ2) is 6.61. The molecule has 134 valence electrons. The number of rotatable bonds is 4. The van der Waals surface area contributed by atoms with Crippen LogP contribution in [0.4, 0.5) is 0 Å². The maximum Gasteiger partial charge on any atom is 0.257 e. The highest BCUT2D eigenvalue weighted by atomic mass is 35.5. The van der Waals surface area contributed by atoms with Crippen LogP contribution in [0.1, 0.15) is 48.0 Å². The van der Waals surface area contributed by atoms with Gasteiger partial charge in [-0.05, 0) is 12.8 Å². The van der Waals surface area contributed by atoms with E-state index in [0.29, 0.717) is 21.6 Å². The van der Waals surface area contributed by atoms with Gasteiger partial charge in [-0.15, -0.1) is 0 Å². The van der Waals surface area contributed by atoms with Crippen molar-refractivity contribution in [2.75, 3.05) is 0 Å². The highest BCUT2D eigenvalue weighted by Gasteiger charge is 2.37. The van der Waals surface area contributed by atoms with Gasteiger partial charge in [0.05, 0.1) is 23.1 Å². The topological polar surface area (TPSA) is 102 Å². The Labute approximate surface area is 155 Å². The lowest BCUT2D eigenvalue weighted by atomic mass is 9.99. The van der Waals surface area contributed by atoms with Gasteiger partial charge >= 0.3 is 0 Å². The van der Waals surface area contributed by atoms with E-state index in [4.69, 9.17) is 11.6 Å². The first-order valence-electron chi connectivity index (χ1n) is 8.73. The number of carbonyl (C=O) groups is 2. The van der Waals surface area contributed by atoms with Crippen LogP contribution in [0.5, 0.6) is 0 Å². The van der Waals surface area contributed by atoms with E-state index in [9.17, 15) is 14.9 Å². The SMILES string of the molecule is N#CC[C@H](C(=O)NC1CCCC1)N1Cc2c(Cl)cnc3[nH]cc(c23)C1=O. The molecule has 4 rings (SSSR count). The van der Waals surface area contributed by atoms with Gasteiger partial charge in [0.2, 0.25) is 5.91 Å². The van der Waals surface area contributed by atoms with Crippen molar-refractivity contribution in [1.29, 1.82) is 5.26 Å². The summed E-state index contributed by atoms with van der Waals surface area (Å²) in [5.41, 5.74) is 1.79. The molecule has 1 aliphatic carbocycles. The molecule has 0 radical (unpaired) electrons. The Bertz CT molecular complexity index is 926. The summed E-state index contributed by atoms with van der Waals surface area (Å²) < 4.78 is 0. The molecule has 2 aliphatic rings. The molecule has 1 aliphatic heterocycles. The third-order valence-corrected chi connectivity index (χ3v) is 5.57. The number of nitriles is 1. The van der Waals surface area contributed by atoms with Crippen LogP contribution in [-0.2, 0) is 11.3 Å². The molecular formula is C18H18ClN5O2. The van der Waals surface area contributed by atoms with Crippen LogP contribution in [0.15, 0.2) is 12.4 Å². The Balaban J connectivity index is 1.66. The largest absolute Gasteiger partial charge is 0.352 e. The highest BCUT2D eigenvalue weighted by Crippen LogP contribution is 2.34. The molecule has 2 N–H and O–H groups in total. The second-order valence-corrected chi connectivity index (χ2v) is 7.22. The minimum absolute atomic E-state index is 0.0596. The monoisotopic (exact) mass is 371 g/mol. The quantitative estimate of drug-likeness (QED) is 0.861. The van der Waals surface area contributed by atoms with Crippen molar-refractivity contribution in [3.8, 4) is 6.07 Å². The minimum atomic E-state index is -0.838. The Hall–Kier alpha value is -2.59. The van der Waals surface area contributed by atoms with Crippen molar-refractivity contribution in [1.82, 2.24) is 20.2 Å². The average Bonchev–Trinajstić information content (AvgIpc) is 3.28. The van der Waals surface area contributed by atoms with Gasteiger partial charge in [0.15, 0.2) is 0 Å². The van der Waals surface area contributed by atoms with Crippen molar-refractivity contribution in [3.05, 3.63) is 28.5 Å². The van der Waals surface area contributed by atoms with Crippen LogP contribution < -0.4 is 5.32 Å². The van der Waals surface area contributed by atoms with Crippen LogP contribution in [0.2, 0.25) is 5.02 Å². The fourth-order valence-electron chi connectivity index (χ4n) is 3.91. The average molecular weight is 372 g/mol. The number of nitrogens with zero attached hydrogens (tertiary/aromatic N) is 3. The first-order valence-corrected chi connectivity index (χ1v) is 9.10. The number of amides is 2. The standard InChI is InChI=1S/C18H18ClN5O2/c19-13-8-22-16-15-11(7-21-16)18(26)24(9-12(13)15)14(5-6-20)17(25)23-10-3-1-2-4-10/h7-8,10,14H,1-5,9H2,(H,21,22)(H,23,25)/t14-/m1/s1. The van der Waals surface area contributed by atoms with Crippen molar-refractivity contribution in [2.45, 2.75) is 50.7 Å². The van der Waals surface area contributed by atoms with Gasteiger partial charge in [0.25, 0.3) is 5.91 Å². The number of hydrogen-bond donors (Lipinski definition) is 2. The van der Waals surface area contributed by atoms with Gasteiger partial charge in [0.1, 0.15) is 11.7 Å². The maximum atomic E-state index is 13.0. The van der Waals surface area contributed by atoms with Gasteiger partial charge < -0.3 is 15.2 Å². The maximum absolute atomic E-state index is 13.0. The molecule has 8 heteroatoms. The van der Waals surface area contributed by atoms with Crippen LogP contribution in [0, 0.1) is 11.3 Å². The molecule has 0 bridgehead atoms. The van der Waals surface area contributed by atoms with Crippen LogP contribution in [0.25, 0.3) is 11.0 Å². The molecular weight excluding hydrogens is 354 g/mol. The molecule has 26 heavy (non-hydrogen) atoms. The Morgan fingerprint density at radius 2 is 2.27 bits per heavy atom. The summed E-state index contributed by atoms with van der Waals surface area (Å²) in [6, 6.07) is 1.33. The molecule has 2 amide bonds. The number of pyridine rings is 1. The number of carbonyl (C=O) groups excluding carboxylic acids is 2. The summed E-state index contributed by atoms with van der Waals surface area (Å²) in [5, 5.41) is 13.4. The first-order chi connectivity index (χ1) is 12.6. The predicted molar refractivity (Wildman–Crippen MR) is 95.4 cm³/mol. The number of hydrogen-bond acceptors (Lipinski definition) is 4. The zero-order chi connectivity index (χ0) is 18.3. The van der Waals surface area contributed by atoms with E-state index in [1.807, 2.05) is 6.07 Å². The van der Waals surface area contributed by atoms with Crippen molar-refractivity contribution in [3.63, 3.8) is 0 Å². The Kier molecular flexibility index (Phi) is 4.29. The number of H-pyrrole nitrogens is 1. The number of aromatic amines is 1. The van der Waals surface area contributed by atoms with E-state index < -0.39 is 6.04 Å². The van der Waals surface area contributed by atoms with E-state index in [1.54, 1.807) is 6.20 Å². The fraction of sp³-hybridized carbons (Fsp3) is 0.444. The van der Waals surface area contributed by atoms with E-state index in [2.05, 4.69) is 15.3 Å². The molecule has 1 atom stereocenters.